The Bertz CT molecular complexity index is 1230. The molecule has 9 nitrogen and oxygen atoms in total. The zero-order valence-electron chi connectivity index (χ0n) is 20.1. The van der Waals surface area contributed by atoms with Crippen LogP contribution in [0.3, 0.4) is 0 Å². The van der Waals surface area contributed by atoms with E-state index in [0.29, 0.717) is 55.5 Å². The zero-order chi connectivity index (χ0) is 24.9. The first-order chi connectivity index (χ1) is 16.9. The molecule has 1 aliphatic heterocycles. The van der Waals surface area contributed by atoms with Gasteiger partial charge in [0, 0.05) is 25.5 Å². The molecular weight excluding hydrogens is 450 g/mol. The van der Waals surface area contributed by atoms with Crippen LogP contribution < -0.4 is 9.47 Å². The lowest BCUT2D eigenvalue weighted by Crippen LogP contribution is -2.32. The van der Waals surface area contributed by atoms with Gasteiger partial charge in [0.05, 0.1) is 31.2 Å². The van der Waals surface area contributed by atoms with E-state index in [-0.39, 0.29) is 11.3 Å². The van der Waals surface area contributed by atoms with E-state index in [1.165, 1.54) is 4.90 Å². The Morgan fingerprint density at radius 1 is 1.11 bits per heavy atom. The first kappa shape index (κ1) is 24.1. The first-order valence-electron chi connectivity index (χ1n) is 11.6. The zero-order valence-corrected chi connectivity index (χ0v) is 20.1. The number of benzene rings is 1. The van der Waals surface area contributed by atoms with Crippen LogP contribution in [0.4, 0.5) is 0 Å². The predicted octanol–water partition coefficient (Wildman–Crippen LogP) is 4.25. The lowest BCUT2D eigenvalue weighted by molar-refractivity contribution is -0.129. The summed E-state index contributed by atoms with van der Waals surface area (Å²) in [4.78, 5) is 32.2. The highest BCUT2D eigenvalue weighted by atomic mass is 16.5. The highest BCUT2D eigenvalue weighted by molar-refractivity contribution is 6.15. The van der Waals surface area contributed by atoms with Crippen LogP contribution in [-0.4, -0.2) is 51.0 Å². The number of aryl methyl sites for hydroxylation is 2. The van der Waals surface area contributed by atoms with Crippen molar-refractivity contribution in [3.63, 3.8) is 0 Å². The molecule has 4 rings (SSSR count). The van der Waals surface area contributed by atoms with Crippen LogP contribution in [-0.2, 0) is 11.3 Å². The van der Waals surface area contributed by atoms with Crippen molar-refractivity contribution < 1.29 is 28.6 Å². The summed E-state index contributed by atoms with van der Waals surface area (Å²) in [5.74, 6) is 0.00587. The van der Waals surface area contributed by atoms with Gasteiger partial charge in [-0.15, -0.1) is 0 Å². The van der Waals surface area contributed by atoms with E-state index < -0.39 is 23.5 Å². The maximum atomic E-state index is 13.4. The summed E-state index contributed by atoms with van der Waals surface area (Å²) in [6.45, 7) is 7.30. The Morgan fingerprint density at radius 3 is 2.54 bits per heavy atom. The molecule has 0 spiro atoms. The van der Waals surface area contributed by atoms with Crippen LogP contribution in [0, 0.1) is 6.92 Å². The summed E-state index contributed by atoms with van der Waals surface area (Å²) in [7, 11) is 0. The fourth-order valence-electron chi connectivity index (χ4n) is 4.23. The van der Waals surface area contributed by atoms with Gasteiger partial charge in [-0.1, -0.05) is 6.07 Å². The average molecular weight is 480 g/mol. The molecule has 0 saturated carbocycles. The third-order valence-electron chi connectivity index (χ3n) is 5.77. The van der Waals surface area contributed by atoms with E-state index in [1.807, 2.05) is 24.6 Å². The summed E-state index contributed by atoms with van der Waals surface area (Å²) in [6, 6.07) is 7.71. The van der Waals surface area contributed by atoms with Gasteiger partial charge < -0.3 is 28.5 Å². The van der Waals surface area contributed by atoms with Crippen molar-refractivity contribution in [2.75, 3.05) is 19.8 Å². The van der Waals surface area contributed by atoms with E-state index in [0.717, 1.165) is 0 Å². The number of imidazole rings is 1. The Labute approximate surface area is 203 Å². The van der Waals surface area contributed by atoms with Gasteiger partial charge in [0.15, 0.2) is 23.0 Å². The van der Waals surface area contributed by atoms with Crippen molar-refractivity contribution in [1.29, 1.82) is 0 Å². The Morgan fingerprint density at radius 2 is 1.89 bits per heavy atom. The standard InChI is InChI=1S/C26H29N3O6/c1-4-33-19-10-8-18(15-21(19)34-5-2)23-22(24(30)20-9-7-17(3)35-20)25(31)26(32)29(23)13-6-12-28-14-11-27-16-28/h7-11,14-16,23,31H,4-6,12-13H2,1-3H3. The number of ketones is 1. The topological polar surface area (TPSA) is 107 Å². The van der Waals surface area contributed by atoms with Crippen LogP contribution in [0.1, 0.15) is 48.2 Å². The van der Waals surface area contributed by atoms with Crippen LogP contribution in [0.15, 0.2) is 64.8 Å². The molecule has 35 heavy (non-hydrogen) atoms. The molecule has 1 unspecified atom stereocenters. The molecule has 1 atom stereocenters. The van der Waals surface area contributed by atoms with Gasteiger partial charge in [-0.05, 0) is 57.0 Å². The van der Waals surface area contributed by atoms with Crippen molar-refractivity contribution in [1.82, 2.24) is 14.5 Å². The quantitative estimate of drug-likeness (QED) is 0.410. The first-order valence-corrected chi connectivity index (χ1v) is 11.6. The fourth-order valence-corrected chi connectivity index (χ4v) is 4.23. The molecule has 0 radical (unpaired) electrons. The number of carbonyl (C=O) groups is 2. The van der Waals surface area contributed by atoms with Crippen LogP contribution in [0.5, 0.6) is 11.5 Å². The third kappa shape index (κ3) is 4.94. The van der Waals surface area contributed by atoms with Crippen molar-refractivity contribution in [2.24, 2.45) is 0 Å². The maximum Gasteiger partial charge on any atom is 0.290 e. The van der Waals surface area contributed by atoms with E-state index in [1.54, 1.807) is 49.8 Å². The summed E-state index contributed by atoms with van der Waals surface area (Å²) in [5.41, 5.74) is 0.613. The van der Waals surface area contributed by atoms with Gasteiger partial charge in [0.1, 0.15) is 5.76 Å². The Hall–Kier alpha value is -4.01. The molecule has 1 aromatic carbocycles. The van der Waals surface area contributed by atoms with Crippen LogP contribution >= 0.6 is 0 Å². The number of ether oxygens (including phenoxy) is 2. The number of aromatic nitrogens is 2. The fraction of sp³-hybridized carbons (Fsp3) is 0.346. The number of furan rings is 1. The van der Waals surface area contributed by atoms with Gasteiger partial charge in [-0.25, -0.2) is 4.98 Å². The second kappa shape index (κ2) is 10.5. The normalized spacial score (nSPS) is 15.7. The number of Topliss-reactive ketones (excluding diaryl/α,β-unsaturated/α-hetero) is 1. The van der Waals surface area contributed by atoms with E-state index in [2.05, 4.69) is 4.98 Å². The monoisotopic (exact) mass is 479 g/mol. The number of carbonyl (C=O) groups excluding carboxylic acids is 2. The number of amides is 1. The van der Waals surface area contributed by atoms with Crippen molar-refractivity contribution in [2.45, 2.75) is 39.8 Å². The number of aliphatic hydroxyl groups is 1. The largest absolute Gasteiger partial charge is 0.503 e. The smallest absolute Gasteiger partial charge is 0.290 e. The van der Waals surface area contributed by atoms with Gasteiger partial charge >= 0.3 is 0 Å². The van der Waals surface area contributed by atoms with Crippen molar-refractivity contribution in [3.8, 4) is 11.5 Å². The average Bonchev–Trinajstić information content (AvgIpc) is 3.57. The highest BCUT2D eigenvalue weighted by Crippen LogP contribution is 2.42. The molecule has 1 amide bonds. The van der Waals surface area contributed by atoms with E-state index in [4.69, 9.17) is 13.9 Å². The molecule has 0 saturated heterocycles. The molecule has 2 aromatic heterocycles. The number of hydrogen-bond donors (Lipinski definition) is 1. The molecule has 9 heteroatoms. The Kier molecular flexibility index (Phi) is 7.24. The third-order valence-corrected chi connectivity index (χ3v) is 5.77. The minimum Gasteiger partial charge on any atom is -0.503 e. The lowest BCUT2D eigenvalue weighted by atomic mass is 9.94. The SMILES string of the molecule is CCOc1ccc(C2C(C(=O)c3ccc(C)o3)=C(O)C(=O)N2CCCn2ccnc2)cc1OCC. The van der Waals surface area contributed by atoms with Crippen LogP contribution in [0.2, 0.25) is 0 Å². The van der Waals surface area contributed by atoms with Gasteiger partial charge in [0.25, 0.3) is 5.91 Å². The summed E-state index contributed by atoms with van der Waals surface area (Å²) in [5, 5.41) is 10.8. The summed E-state index contributed by atoms with van der Waals surface area (Å²) in [6.07, 6.45) is 5.83. The number of hydrogen-bond acceptors (Lipinski definition) is 7. The summed E-state index contributed by atoms with van der Waals surface area (Å²) < 4.78 is 18.9. The molecule has 0 aliphatic carbocycles. The Balaban J connectivity index is 1.72. The van der Waals surface area contributed by atoms with Crippen molar-refractivity contribution in [3.05, 3.63) is 77.5 Å². The second-order valence-corrected chi connectivity index (χ2v) is 8.13. The summed E-state index contributed by atoms with van der Waals surface area (Å²) >= 11 is 0. The molecule has 1 aliphatic rings. The van der Waals surface area contributed by atoms with Crippen LogP contribution in [0.25, 0.3) is 0 Å². The minimum atomic E-state index is -0.807. The van der Waals surface area contributed by atoms with Crippen molar-refractivity contribution >= 4 is 11.7 Å². The van der Waals surface area contributed by atoms with E-state index in [9.17, 15) is 14.7 Å². The second-order valence-electron chi connectivity index (χ2n) is 8.13. The molecule has 3 heterocycles. The van der Waals surface area contributed by atoms with E-state index >= 15 is 0 Å². The molecular formula is C26H29N3O6. The van der Waals surface area contributed by atoms with Gasteiger partial charge in [-0.2, -0.15) is 0 Å². The molecule has 0 bridgehead atoms. The molecule has 0 fully saturated rings. The maximum absolute atomic E-state index is 13.4. The molecule has 3 aromatic rings. The van der Waals surface area contributed by atoms with Gasteiger partial charge in [-0.3, -0.25) is 9.59 Å². The lowest BCUT2D eigenvalue weighted by Gasteiger charge is -2.27. The molecule has 1 N–H and O–H groups in total. The number of nitrogens with zero attached hydrogens (tertiary/aromatic N) is 3. The minimum absolute atomic E-state index is 0.0152. The number of rotatable bonds is 11. The molecule has 184 valence electrons. The number of aliphatic hydroxyl groups excluding tert-OH is 1. The predicted molar refractivity (Wildman–Crippen MR) is 128 cm³/mol. The highest BCUT2D eigenvalue weighted by Gasteiger charge is 2.44. The van der Waals surface area contributed by atoms with Gasteiger partial charge in [0.2, 0.25) is 5.78 Å².